The Balaban J connectivity index is 1.72. The van der Waals surface area contributed by atoms with Crippen LogP contribution in [-0.4, -0.2) is 26.7 Å². The summed E-state index contributed by atoms with van der Waals surface area (Å²) in [5.41, 5.74) is 2.43. The predicted octanol–water partition coefficient (Wildman–Crippen LogP) is 2.65. The average Bonchev–Trinajstić information content (AvgIpc) is 2.95. The first-order chi connectivity index (χ1) is 9.65. The third kappa shape index (κ3) is 2.36. The van der Waals surface area contributed by atoms with E-state index >= 15 is 0 Å². The van der Waals surface area contributed by atoms with Gasteiger partial charge in [0.25, 0.3) is 5.71 Å². The van der Waals surface area contributed by atoms with Gasteiger partial charge < -0.3 is 9.84 Å². The summed E-state index contributed by atoms with van der Waals surface area (Å²) in [5, 5.41) is 9.20. The SMILES string of the molecule is Cc1nc(CCNc2ncnc3onc(C)c23)sc1C. The van der Waals surface area contributed by atoms with E-state index in [1.807, 2.05) is 13.8 Å². The summed E-state index contributed by atoms with van der Waals surface area (Å²) in [5.74, 6) is 0.763. The number of rotatable bonds is 4. The van der Waals surface area contributed by atoms with E-state index in [1.54, 1.807) is 11.3 Å². The van der Waals surface area contributed by atoms with Crippen LogP contribution >= 0.6 is 11.3 Å². The fourth-order valence-corrected chi connectivity index (χ4v) is 2.92. The quantitative estimate of drug-likeness (QED) is 0.795. The molecule has 0 spiro atoms. The van der Waals surface area contributed by atoms with Crippen LogP contribution in [0.3, 0.4) is 0 Å². The molecule has 0 saturated carbocycles. The molecule has 0 aliphatic carbocycles. The van der Waals surface area contributed by atoms with Crippen molar-refractivity contribution in [1.29, 1.82) is 0 Å². The molecule has 0 aromatic carbocycles. The van der Waals surface area contributed by atoms with Crippen LogP contribution < -0.4 is 5.32 Å². The number of anilines is 1. The standard InChI is InChI=1S/C13H15N5OS/c1-7-9(3)20-10(17-7)4-5-14-12-11-8(2)18-19-13(11)16-6-15-12/h6H,4-5H2,1-3H3,(H,14,15,16). The molecule has 0 atom stereocenters. The van der Waals surface area contributed by atoms with Crippen molar-refractivity contribution in [3.8, 4) is 0 Å². The Labute approximate surface area is 120 Å². The lowest BCUT2D eigenvalue weighted by Crippen LogP contribution is -2.07. The molecule has 0 fully saturated rings. The van der Waals surface area contributed by atoms with Gasteiger partial charge in [0.15, 0.2) is 0 Å². The smallest absolute Gasteiger partial charge is 0.263 e. The Morgan fingerprint density at radius 3 is 2.80 bits per heavy atom. The number of fused-ring (bicyclic) bond motifs is 1. The molecule has 0 aliphatic heterocycles. The number of aryl methyl sites for hydroxylation is 3. The zero-order valence-electron chi connectivity index (χ0n) is 11.6. The van der Waals surface area contributed by atoms with Crippen molar-refractivity contribution >= 4 is 28.3 Å². The van der Waals surface area contributed by atoms with Crippen LogP contribution in [0.25, 0.3) is 11.1 Å². The Hall–Kier alpha value is -2.02. The fourth-order valence-electron chi connectivity index (χ4n) is 1.99. The summed E-state index contributed by atoms with van der Waals surface area (Å²) < 4.78 is 5.12. The highest BCUT2D eigenvalue weighted by molar-refractivity contribution is 7.11. The summed E-state index contributed by atoms with van der Waals surface area (Å²) >= 11 is 1.74. The van der Waals surface area contributed by atoms with E-state index in [2.05, 4.69) is 32.3 Å². The van der Waals surface area contributed by atoms with E-state index in [0.29, 0.717) is 5.71 Å². The molecular formula is C13H15N5OS. The van der Waals surface area contributed by atoms with E-state index in [1.165, 1.54) is 11.2 Å². The minimum Gasteiger partial charge on any atom is -0.369 e. The van der Waals surface area contributed by atoms with Gasteiger partial charge in [-0.2, -0.15) is 4.98 Å². The molecule has 0 unspecified atom stereocenters. The summed E-state index contributed by atoms with van der Waals surface area (Å²) in [7, 11) is 0. The zero-order chi connectivity index (χ0) is 14.1. The van der Waals surface area contributed by atoms with Gasteiger partial charge in [-0.3, -0.25) is 0 Å². The monoisotopic (exact) mass is 289 g/mol. The molecule has 20 heavy (non-hydrogen) atoms. The van der Waals surface area contributed by atoms with E-state index in [-0.39, 0.29) is 0 Å². The lowest BCUT2D eigenvalue weighted by atomic mass is 10.3. The molecule has 1 N–H and O–H groups in total. The number of nitrogens with one attached hydrogen (secondary N) is 1. The highest BCUT2D eigenvalue weighted by Crippen LogP contribution is 2.22. The van der Waals surface area contributed by atoms with Gasteiger partial charge in [-0.1, -0.05) is 5.16 Å². The summed E-state index contributed by atoms with van der Waals surface area (Å²) in [6, 6.07) is 0. The number of nitrogens with zero attached hydrogens (tertiary/aromatic N) is 4. The second-order valence-electron chi connectivity index (χ2n) is 4.60. The average molecular weight is 289 g/mol. The summed E-state index contributed by atoms with van der Waals surface area (Å²) in [6.45, 7) is 6.78. The van der Waals surface area contributed by atoms with E-state index in [9.17, 15) is 0 Å². The molecule has 0 bridgehead atoms. The number of thiazole rings is 1. The second-order valence-corrected chi connectivity index (χ2v) is 5.88. The minimum absolute atomic E-state index is 0.515. The maximum Gasteiger partial charge on any atom is 0.263 e. The Morgan fingerprint density at radius 1 is 1.20 bits per heavy atom. The van der Waals surface area contributed by atoms with Crippen molar-refractivity contribution in [2.45, 2.75) is 27.2 Å². The highest BCUT2D eigenvalue weighted by atomic mass is 32.1. The summed E-state index contributed by atoms with van der Waals surface area (Å²) in [6.07, 6.45) is 2.35. The Bertz CT molecular complexity index is 729. The minimum atomic E-state index is 0.515. The number of hydrogen-bond donors (Lipinski definition) is 1. The van der Waals surface area contributed by atoms with E-state index < -0.39 is 0 Å². The maximum atomic E-state index is 5.12. The van der Waals surface area contributed by atoms with Crippen molar-refractivity contribution in [1.82, 2.24) is 20.1 Å². The lowest BCUT2D eigenvalue weighted by Gasteiger charge is -2.04. The van der Waals surface area contributed by atoms with Gasteiger partial charge in [0.05, 0.1) is 16.4 Å². The first kappa shape index (κ1) is 13.0. The molecule has 0 saturated heterocycles. The molecule has 0 radical (unpaired) electrons. The molecule has 104 valence electrons. The largest absolute Gasteiger partial charge is 0.369 e. The first-order valence-electron chi connectivity index (χ1n) is 6.39. The zero-order valence-corrected chi connectivity index (χ0v) is 12.4. The van der Waals surface area contributed by atoms with Crippen LogP contribution in [-0.2, 0) is 6.42 Å². The third-order valence-corrected chi connectivity index (χ3v) is 4.28. The molecule has 0 aliphatic rings. The van der Waals surface area contributed by atoms with Crippen molar-refractivity contribution in [3.05, 3.63) is 27.6 Å². The van der Waals surface area contributed by atoms with Crippen LogP contribution in [0.5, 0.6) is 0 Å². The first-order valence-corrected chi connectivity index (χ1v) is 7.20. The topological polar surface area (TPSA) is 76.7 Å². The van der Waals surface area contributed by atoms with Crippen molar-refractivity contribution in [2.75, 3.05) is 11.9 Å². The van der Waals surface area contributed by atoms with Gasteiger partial charge in [-0.25, -0.2) is 9.97 Å². The lowest BCUT2D eigenvalue weighted by molar-refractivity contribution is 0.442. The van der Waals surface area contributed by atoms with Crippen LogP contribution in [0, 0.1) is 20.8 Å². The van der Waals surface area contributed by atoms with Crippen LogP contribution in [0.4, 0.5) is 5.82 Å². The Kier molecular flexibility index (Phi) is 3.35. The molecule has 6 nitrogen and oxygen atoms in total. The second kappa shape index (κ2) is 5.16. The van der Waals surface area contributed by atoms with Gasteiger partial charge in [0, 0.05) is 17.8 Å². The summed E-state index contributed by atoms with van der Waals surface area (Å²) in [4.78, 5) is 14.1. The normalized spacial score (nSPS) is 11.2. The van der Waals surface area contributed by atoms with Gasteiger partial charge in [-0.05, 0) is 20.8 Å². The third-order valence-electron chi connectivity index (χ3n) is 3.15. The van der Waals surface area contributed by atoms with Gasteiger partial charge in [0.2, 0.25) is 0 Å². The molecule has 3 aromatic heterocycles. The van der Waals surface area contributed by atoms with Crippen LogP contribution in [0.1, 0.15) is 21.3 Å². The fraction of sp³-hybridized carbons (Fsp3) is 0.385. The molecule has 3 heterocycles. The highest BCUT2D eigenvalue weighted by Gasteiger charge is 2.11. The van der Waals surface area contributed by atoms with Gasteiger partial charge >= 0.3 is 0 Å². The van der Waals surface area contributed by atoms with Crippen LogP contribution in [0.15, 0.2) is 10.9 Å². The molecular weight excluding hydrogens is 274 g/mol. The van der Waals surface area contributed by atoms with Crippen molar-refractivity contribution in [2.24, 2.45) is 0 Å². The van der Waals surface area contributed by atoms with Gasteiger partial charge in [-0.15, -0.1) is 11.3 Å². The number of aromatic nitrogens is 4. The Morgan fingerprint density at radius 2 is 2.05 bits per heavy atom. The van der Waals surface area contributed by atoms with E-state index in [0.717, 1.165) is 40.6 Å². The van der Waals surface area contributed by atoms with Gasteiger partial charge in [0.1, 0.15) is 17.5 Å². The van der Waals surface area contributed by atoms with Crippen molar-refractivity contribution < 1.29 is 4.52 Å². The van der Waals surface area contributed by atoms with Crippen LogP contribution in [0.2, 0.25) is 0 Å². The predicted molar refractivity (Wildman–Crippen MR) is 78.1 cm³/mol. The molecule has 3 aromatic rings. The molecule has 7 heteroatoms. The molecule has 3 rings (SSSR count). The van der Waals surface area contributed by atoms with Crippen molar-refractivity contribution in [3.63, 3.8) is 0 Å². The van der Waals surface area contributed by atoms with E-state index in [4.69, 9.17) is 4.52 Å². The maximum absolute atomic E-state index is 5.12. The number of hydrogen-bond acceptors (Lipinski definition) is 7. The molecule has 0 amide bonds.